The van der Waals surface area contributed by atoms with E-state index in [2.05, 4.69) is 5.32 Å². The molecule has 1 fully saturated rings. The summed E-state index contributed by atoms with van der Waals surface area (Å²) in [5.41, 5.74) is 0. The standard InChI is InChI=1S/C11H19N3O4/c1-8(3-4-10(16)17)12-11(18)14-6-5-13(2)9(15)7-14/h8H,3-7H2,1-2H3,(H,12,18)(H,16,17). The summed E-state index contributed by atoms with van der Waals surface area (Å²) in [5.74, 6) is -0.972. The number of piperazine rings is 1. The third-order valence-corrected chi connectivity index (χ3v) is 2.91. The van der Waals surface area contributed by atoms with E-state index in [0.29, 0.717) is 19.5 Å². The van der Waals surface area contributed by atoms with Crippen molar-refractivity contribution in [3.63, 3.8) is 0 Å². The number of hydrogen-bond donors (Lipinski definition) is 2. The smallest absolute Gasteiger partial charge is 0.318 e. The summed E-state index contributed by atoms with van der Waals surface area (Å²) in [6.07, 6.45) is 0.395. The lowest BCUT2D eigenvalue weighted by Gasteiger charge is -2.32. The fourth-order valence-electron chi connectivity index (χ4n) is 1.65. The maximum Gasteiger partial charge on any atom is 0.318 e. The van der Waals surface area contributed by atoms with E-state index in [9.17, 15) is 14.4 Å². The van der Waals surface area contributed by atoms with Crippen LogP contribution in [-0.2, 0) is 9.59 Å². The molecule has 0 aliphatic carbocycles. The Morgan fingerprint density at radius 2 is 2.11 bits per heavy atom. The van der Waals surface area contributed by atoms with E-state index in [4.69, 9.17) is 5.11 Å². The van der Waals surface area contributed by atoms with E-state index in [1.165, 1.54) is 4.90 Å². The highest BCUT2D eigenvalue weighted by Crippen LogP contribution is 2.03. The minimum absolute atomic E-state index is 0.0170. The molecule has 1 unspecified atom stereocenters. The zero-order chi connectivity index (χ0) is 13.7. The number of urea groups is 1. The van der Waals surface area contributed by atoms with Gasteiger partial charge in [0.2, 0.25) is 5.91 Å². The molecule has 1 aliphatic heterocycles. The molecule has 0 radical (unpaired) electrons. The largest absolute Gasteiger partial charge is 0.481 e. The average Bonchev–Trinajstić information content (AvgIpc) is 2.30. The summed E-state index contributed by atoms with van der Waals surface area (Å²) in [4.78, 5) is 36.7. The van der Waals surface area contributed by atoms with Crippen LogP contribution >= 0.6 is 0 Å². The molecular weight excluding hydrogens is 238 g/mol. The van der Waals surface area contributed by atoms with Gasteiger partial charge in [0, 0.05) is 32.6 Å². The van der Waals surface area contributed by atoms with Gasteiger partial charge in [-0.25, -0.2) is 4.79 Å². The third-order valence-electron chi connectivity index (χ3n) is 2.91. The number of nitrogens with zero attached hydrogens (tertiary/aromatic N) is 2. The highest BCUT2D eigenvalue weighted by Gasteiger charge is 2.25. The first-order valence-corrected chi connectivity index (χ1v) is 5.91. The number of likely N-dealkylation sites (N-methyl/N-ethyl adjacent to an activating group) is 1. The van der Waals surface area contributed by atoms with E-state index < -0.39 is 5.97 Å². The van der Waals surface area contributed by atoms with Gasteiger partial charge in [0.1, 0.15) is 6.54 Å². The van der Waals surface area contributed by atoms with Gasteiger partial charge in [0.25, 0.3) is 0 Å². The summed E-state index contributed by atoms with van der Waals surface area (Å²) < 4.78 is 0. The van der Waals surface area contributed by atoms with Crippen LogP contribution in [0.25, 0.3) is 0 Å². The summed E-state index contributed by atoms with van der Waals surface area (Å²) in [7, 11) is 1.70. The number of carbonyl (C=O) groups excluding carboxylic acids is 2. The average molecular weight is 257 g/mol. The molecule has 1 heterocycles. The summed E-state index contributed by atoms with van der Waals surface area (Å²) in [6, 6.07) is -0.530. The number of rotatable bonds is 4. The Labute approximate surface area is 106 Å². The molecular formula is C11H19N3O4. The minimum Gasteiger partial charge on any atom is -0.481 e. The van der Waals surface area contributed by atoms with Crippen molar-refractivity contribution in [3.8, 4) is 0 Å². The fourth-order valence-corrected chi connectivity index (χ4v) is 1.65. The number of carboxylic acid groups (broad SMARTS) is 1. The molecule has 102 valence electrons. The normalized spacial score (nSPS) is 17.6. The van der Waals surface area contributed by atoms with Crippen LogP contribution in [0.3, 0.4) is 0 Å². The lowest BCUT2D eigenvalue weighted by Crippen LogP contribution is -2.54. The molecule has 1 saturated heterocycles. The van der Waals surface area contributed by atoms with Gasteiger partial charge in [-0.05, 0) is 13.3 Å². The van der Waals surface area contributed by atoms with Gasteiger partial charge in [0.15, 0.2) is 0 Å². The van der Waals surface area contributed by atoms with Crippen LogP contribution in [0, 0.1) is 0 Å². The van der Waals surface area contributed by atoms with Gasteiger partial charge in [-0.15, -0.1) is 0 Å². The summed E-state index contributed by atoms with van der Waals surface area (Å²) in [6.45, 7) is 2.85. The quantitative estimate of drug-likeness (QED) is 0.725. The molecule has 1 rings (SSSR count). The molecule has 2 N–H and O–H groups in total. The first-order chi connectivity index (χ1) is 8.40. The lowest BCUT2D eigenvalue weighted by molar-refractivity contribution is -0.137. The van der Waals surface area contributed by atoms with E-state index in [1.807, 2.05) is 0 Å². The number of carbonyl (C=O) groups is 3. The molecule has 0 aromatic carbocycles. The SMILES string of the molecule is CC(CCC(=O)O)NC(=O)N1CCN(C)C(=O)C1. The monoisotopic (exact) mass is 257 g/mol. The first-order valence-electron chi connectivity index (χ1n) is 5.91. The zero-order valence-electron chi connectivity index (χ0n) is 10.7. The van der Waals surface area contributed by atoms with Gasteiger partial charge in [0.05, 0.1) is 0 Å². The van der Waals surface area contributed by atoms with Crippen molar-refractivity contribution >= 4 is 17.9 Å². The zero-order valence-corrected chi connectivity index (χ0v) is 10.7. The topological polar surface area (TPSA) is 89.9 Å². The molecule has 1 aliphatic rings. The minimum atomic E-state index is -0.883. The predicted molar refractivity (Wildman–Crippen MR) is 64.1 cm³/mol. The number of carboxylic acids is 1. The molecule has 0 saturated carbocycles. The van der Waals surface area contributed by atoms with Crippen molar-refractivity contribution in [2.45, 2.75) is 25.8 Å². The number of amides is 3. The number of nitrogens with one attached hydrogen (secondary N) is 1. The van der Waals surface area contributed by atoms with Crippen LogP contribution in [0.15, 0.2) is 0 Å². The van der Waals surface area contributed by atoms with Crippen molar-refractivity contribution in [2.24, 2.45) is 0 Å². The summed E-state index contributed by atoms with van der Waals surface area (Å²) in [5, 5.41) is 11.2. The van der Waals surface area contributed by atoms with Crippen LogP contribution in [0.4, 0.5) is 4.79 Å². The van der Waals surface area contributed by atoms with Gasteiger partial charge in [-0.1, -0.05) is 0 Å². The molecule has 3 amide bonds. The van der Waals surface area contributed by atoms with Crippen molar-refractivity contribution in [3.05, 3.63) is 0 Å². The van der Waals surface area contributed by atoms with E-state index in [0.717, 1.165) is 0 Å². The molecule has 0 bridgehead atoms. The molecule has 0 spiro atoms. The van der Waals surface area contributed by atoms with Crippen molar-refractivity contribution in [1.29, 1.82) is 0 Å². The van der Waals surface area contributed by atoms with Crippen molar-refractivity contribution in [2.75, 3.05) is 26.7 Å². The molecule has 7 nitrogen and oxygen atoms in total. The van der Waals surface area contributed by atoms with E-state index >= 15 is 0 Å². The first kappa shape index (κ1) is 14.3. The molecule has 0 aromatic rings. The molecule has 1 atom stereocenters. The number of aliphatic carboxylic acids is 1. The van der Waals surface area contributed by atoms with Crippen LogP contribution in [0.5, 0.6) is 0 Å². The second-order valence-electron chi connectivity index (χ2n) is 4.52. The highest BCUT2D eigenvalue weighted by atomic mass is 16.4. The van der Waals surface area contributed by atoms with Crippen LogP contribution < -0.4 is 5.32 Å². The Balaban J connectivity index is 2.36. The molecule has 18 heavy (non-hydrogen) atoms. The van der Waals surface area contributed by atoms with Gasteiger partial charge < -0.3 is 20.2 Å². The Morgan fingerprint density at radius 1 is 1.44 bits per heavy atom. The maximum atomic E-state index is 11.8. The second-order valence-corrected chi connectivity index (χ2v) is 4.52. The van der Waals surface area contributed by atoms with Crippen molar-refractivity contribution in [1.82, 2.24) is 15.1 Å². The molecule has 0 aromatic heterocycles. The van der Waals surface area contributed by atoms with E-state index in [1.54, 1.807) is 18.9 Å². The maximum absolute atomic E-state index is 11.8. The predicted octanol–water partition coefficient (Wildman–Crippen LogP) is -0.277. The van der Waals surface area contributed by atoms with Crippen LogP contribution in [0.1, 0.15) is 19.8 Å². The van der Waals surface area contributed by atoms with Crippen molar-refractivity contribution < 1.29 is 19.5 Å². The molecule has 7 heteroatoms. The fraction of sp³-hybridized carbons (Fsp3) is 0.727. The van der Waals surface area contributed by atoms with Gasteiger partial charge in [-0.3, -0.25) is 9.59 Å². The number of hydrogen-bond acceptors (Lipinski definition) is 3. The Kier molecular flexibility index (Phi) is 4.94. The van der Waals surface area contributed by atoms with Gasteiger partial charge in [-0.2, -0.15) is 0 Å². The van der Waals surface area contributed by atoms with E-state index in [-0.39, 0.29) is 30.9 Å². The lowest BCUT2D eigenvalue weighted by atomic mass is 10.2. The van der Waals surface area contributed by atoms with Gasteiger partial charge >= 0.3 is 12.0 Å². The highest BCUT2D eigenvalue weighted by molar-refractivity contribution is 5.85. The Hall–Kier alpha value is -1.79. The second kappa shape index (κ2) is 6.23. The third kappa shape index (κ3) is 4.23. The Morgan fingerprint density at radius 3 is 2.67 bits per heavy atom. The van der Waals surface area contributed by atoms with Crippen LogP contribution in [-0.4, -0.2) is 65.5 Å². The Bertz CT molecular complexity index is 345. The summed E-state index contributed by atoms with van der Waals surface area (Å²) >= 11 is 0. The van der Waals surface area contributed by atoms with Crippen LogP contribution in [0.2, 0.25) is 0 Å².